The molecule has 23 nitrogen and oxygen atoms in total. The van der Waals surface area contributed by atoms with Crippen LogP contribution in [0, 0.1) is 0 Å². The quantitative estimate of drug-likeness (QED) is 0.0180. The number of nitrogens with zero attached hydrogens (tertiary/aromatic N) is 2. The molecule has 0 bridgehead atoms. The minimum absolute atomic E-state index is 0.00243. The van der Waals surface area contributed by atoms with Crippen molar-refractivity contribution < 1.29 is 38.7 Å². The van der Waals surface area contributed by atoms with Gasteiger partial charge in [-0.05, 0) is 75.6 Å². The summed E-state index contributed by atoms with van der Waals surface area (Å²) >= 11 is 4.19. The first-order chi connectivity index (χ1) is 28.0. The molecule has 0 spiro atoms. The zero-order valence-electron chi connectivity index (χ0n) is 32.8. The van der Waals surface area contributed by atoms with E-state index in [9.17, 15) is 38.7 Å². The van der Waals surface area contributed by atoms with Crippen molar-refractivity contribution in [3.63, 3.8) is 0 Å². The summed E-state index contributed by atoms with van der Waals surface area (Å²) in [7, 11) is 0. The fraction of sp³-hybridized carbons (Fsp3) is 0.571. The summed E-state index contributed by atoms with van der Waals surface area (Å²) in [5.41, 5.74) is 32.9. The lowest BCUT2D eigenvalue weighted by Crippen LogP contribution is -2.60. The predicted molar refractivity (Wildman–Crippen MR) is 222 cm³/mol. The molecular weight excluding hydrogens is 791 g/mol. The van der Waals surface area contributed by atoms with Crippen LogP contribution in [-0.4, -0.2) is 127 Å². The number of carbonyl (C=O) groups excluding carboxylic acids is 7. The summed E-state index contributed by atoms with van der Waals surface area (Å²) in [5, 5.41) is 28.4. The molecule has 0 aliphatic carbocycles. The van der Waals surface area contributed by atoms with Crippen LogP contribution in [0.3, 0.4) is 0 Å². The van der Waals surface area contributed by atoms with Gasteiger partial charge in [-0.25, -0.2) is 4.79 Å². The van der Waals surface area contributed by atoms with Gasteiger partial charge in [0.2, 0.25) is 35.4 Å². The highest BCUT2D eigenvalue weighted by atomic mass is 32.1. The molecule has 2 rings (SSSR count). The summed E-state index contributed by atoms with van der Waals surface area (Å²) in [6, 6.07) is -1.51. The number of benzene rings is 1. The molecule has 1 aliphatic heterocycles. The fourth-order valence-electron chi connectivity index (χ4n) is 5.89. The number of phenolic OH excluding ortho intramolecular Hbond substituents is 1. The van der Waals surface area contributed by atoms with Crippen molar-refractivity contribution in [3.05, 3.63) is 29.8 Å². The smallest absolute Gasteiger partial charge is 0.312 e. The van der Waals surface area contributed by atoms with Crippen LogP contribution in [-0.2, 0) is 35.2 Å². The Kier molecular flexibility index (Phi) is 21.7. The van der Waals surface area contributed by atoms with Gasteiger partial charge in [-0.3, -0.25) is 38.8 Å². The molecule has 1 saturated heterocycles. The van der Waals surface area contributed by atoms with Crippen molar-refractivity contribution in [1.82, 2.24) is 37.2 Å². The first-order valence-electron chi connectivity index (χ1n) is 19.1. The third-order valence-corrected chi connectivity index (χ3v) is 9.35. The zero-order valence-corrected chi connectivity index (χ0v) is 33.7. The van der Waals surface area contributed by atoms with Gasteiger partial charge in [0.05, 0.1) is 6.04 Å². The normalized spacial score (nSPS) is 15.8. The molecule has 24 heteroatoms. The average molecular weight is 850 g/mol. The number of amides is 8. The van der Waals surface area contributed by atoms with Gasteiger partial charge in [0.1, 0.15) is 36.0 Å². The number of thiol groups is 1. The van der Waals surface area contributed by atoms with Gasteiger partial charge >= 0.3 is 6.03 Å². The molecule has 6 atom stereocenters. The standard InChI is InChI=1S/C35H59N15O8S/c36-27(52)21(5-1-14-43-33(37)38)46-32(57)26(18-59)50-30(55)24(8-4-16-45-35(41)58)47-29(54)23(7-3-15-44-34(39)40)48-31(56)25(17-19-9-11-20(51)12-10-19)49-28(53)22-6-2-13-42-22/h9-12,21-26,42,51,59H,1-8,13-18H2,(H2,36,52)(H,46,57)(H,47,54)(H,48,56)(H,49,53)(H,50,55)(H4,37,38,43)(H4,39,40,44)(H3,41,45,58)/t21-,22-,23-,24-,25-,26-/m0/s1. The van der Waals surface area contributed by atoms with Gasteiger partial charge in [-0.2, -0.15) is 12.6 Å². The highest BCUT2D eigenvalue weighted by Crippen LogP contribution is 2.13. The molecule has 20 N–H and O–H groups in total. The molecular formula is C35H59N15O8S. The number of hydrogen-bond acceptors (Lipinski definition) is 12. The third kappa shape index (κ3) is 19.3. The molecule has 1 heterocycles. The van der Waals surface area contributed by atoms with E-state index in [-0.39, 0.29) is 81.6 Å². The van der Waals surface area contributed by atoms with Crippen molar-refractivity contribution in [2.24, 2.45) is 44.4 Å². The van der Waals surface area contributed by atoms with Crippen LogP contribution in [0.5, 0.6) is 5.75 Å². The van der Waals surface area contributed by atoms with E-state index in [0.29, 0.717) is 24.9 Å². The maximum atomic E-state index is 14.0. The summed E-state index contributed by atoms with van der Waals surface area (Å²) in [6.07, 6.45) is 1.97. The van der Waals surface area contributed by atoms with E-state index in [1.165, 1.54) is 12.1 Å². The maximum absolute atomic E-state index is 14.0. The number of aromatic hydroxyl groups is 1. The molecule has 1 aromatic rings. The number of carbonyl (C=O) groups is 7. The van der Waals surface area contributed by atoms with Crippen LogP contribution in [0.1, 0.15) is 56.9 Å². The van der Waals surface area contributed by atoms with E-state index < -0.39 is 77.7 Å². The number of rotatable bonds is 26. The van der Waals surface area contributed by atoms with Crippen molar-refractivity contribution in [2.75, 3.05) is 31.9 Å². The minimum Gasteiger partial charge on any atom is -0.508 e. The molecule has 59 heavy (non-hydrogen) atoms. The second-order valence-corrected chi connectivity index (χ2v) is 14.1. The fourth-order valence-corrected chi connectivity index (χ4v) is 6.15. The first-order valence-corrected chi connectivity index (χ1v) is 19.7. The van der Waals surface area contributed by atoms with Crippen molar-refractivity contribution in [1.29, 1.82) is 0 Å². The van der Waals surface area contributed by atoms with Crippen LogP contribution in [0.25, 0.3) is 0 Å². The molecule has 8 amide bonds. The highest BCUT2D eigenvalue weighted by Gasteiger charge is 2.33. The summed E-state index contributed by atoms with van der Waals surface area (Å²) < 4.78 is 0. The summed E-state index contributed by atoms with van der Waals surface area (Å²) in [5.74, 6) is -4.96. The monoisotopic (exact) mass is 849 g/mol. The minimum atomic E-state index is -1.34. The van der Waals surface area contributed by atoms with Crippen molar-refractivity contribution >= 4 is 66.0 Å². The highest BCUT2D eigenvalue weighted by molar-refractivity contribution is 7.80. The maximum Gasteiger partial charge on any atom is 0.312 e. The lowest BCUT2D eigenvalue weighted by atomic mass is 10.0. The van der Waals surface area contributed by atoms with Crippen LogP contribution in [0.15, 0.2) is 34.3 Å². The molecule has 0 unspecified atom stereocenters. The Morgan fingerprint density at radius 2 is 1.19 bits per heavy atom. The summed E-state index contributed by atoms with van der Waals surface area (Å²) in [4.78, 5) is 99.2. The number of nitrogens with two attached hydrogens (primary N) is 6. The molecule has 0 saturated carbocycles. The largest absolute Gasteiger partial charge is 0.508 e. The Morgan fingerprint density at radius 1 is 0.695 bits per heavy atom. The second kappa shape index (κ2) is 26.1. The molecule has 1 aliphatic rings. The number of hydrogen-bond donors (Lipinski definition) is 15. The lowest BCUT2D eigenvalue weighted by Gasteiger charge is -2.27. The number of nitrogens with one attached hydrogen (secondary N) is 7. The van der Waals surface area contributed by atoms with E-state index in [4.69, 9.17) is 34.4 Å². The zero-order chi connectivity index (χ0) is 43.9. The van der Waals surface area contributed by atoms with E-state index in [0.717, 1.165) is 6.42 Å². The van der Waals surface area contributed by atoms with Crippen molar-refractivity contribution in [2.45, 2.75) is 94.0 Å². The number of guanidine groups is 2. The lowest BCUT2D eigenvalue weighted by molar-refractivity contribution is -0.135. The van der Waals surface area contributed by atoms with E-state index in [1.807, 2.05) is 0 Å². The predicted octanol–water partition coefficient (Wildman–Crippen LogP) is -4.92. The summed E-state index contributed by atoms with van der Waals surface area (Å²) in [6.45, 7) is 0.916. The topological polar surface area (TPSA) is 405 Å². The van der Waals surface area contributed by atoms with Gasteiger partial charge in [0.25, 0.3) is 0 Å². The third-order valence-electron chi connectivity index (χ3n) is 8.99. The Bertz CT molecular complexity index is 1630. The number of urea groups is 1. The Labute approximate surface area is 347 Å². The van der Waals surface area contributed by atoms with Crippen LogP contribution >= 0.6 is 12.6 Å². The number of primary amides is 2. The van der Waals surface area contributed by atoms with Gasteiger partial charge in [-0.1, -0.05) is 12.1 Å². The van der Waals surface area contributed by atoms with Gasteiger partial charge in [0.15, 0.2) is 11.9 Å². The van der Waals surface area contributed by atoms with Crippen LogP contribution in [0.4, 0.5) is 4.79 Å². The Morgan fingerprint density at radius 3 is 1.68 bits per heavy atom. The molecule has 0 radical (unpaired) electrons. The Balaban J connectivity index is 2.33. The van der Waals surface area contributed by atoms with Crippen LogP contribution < -0.4 is 71.6 Å². The van der Waals surface area contributed by atoms with E-state index in [2.05, 4.69) is 59.8 Å². The van der Waals surface area contributed by atoms with Gasteiger partial charge in [0, 0.05) is 31.8 Å². The molecule has 328 valence electrons. The van der Waals surface area contributed by atoms with Gasteiger partial charge < -0.3 is 76.7 Å². The van der Waals surface area contributed by atoms with E-state index >= 15 is 0 Å². The first kappa shape index (κ1) is 49.1. The van der Waals surface area contributed by atoms with Crippen LogP contribution in [0.2, 0.25) is 0 Å². The number of aliphatic imine (C=N–C) groups is 2. The molecule has 0 aromatic heterocycles. The number of phenols is 1. The molecule has 1 aromatic carbocycles. The van der Waals surface area contributed by atoms with E-state index in [1.54, 1.807) is 12.1 Å². The SMILES string of the molecule is NC(=O)NCCC[C@H](NC(=O)[C@H](CCCN=C(N)N)NC(=O)[C@H](Cc1ccc(O)cc1)NC(=O)[C@@H]1CCCN1)C(=O)N[C@@H](CS)C(=O)N[C@@H](CCCN=C(N)N)C(N)=O. The van der Waals surface area contributed by atoms with Gasteiger partial charge in [-0.15, -0.1) is 0 Å². The Hall–Kier alpha value is -6.04. The van der Waals surface area contributed by atoms with Crippen molar-refractivity contribution in [3.8, 4) is 5.75 Å². The molecule has 1 fully saturated rings. The average Bonchev–Trinajstić information content (AvgIpc) is 3.73. The second-order valence-electron chi connectivity index (χ2n) is 13.7.